The van der Waals surface area contributed by atoms with Crippen molar-refractivity contribution in [2.75, 3.05) is 20.8 Å². The minimum absolute atomic E-state index is 0.169. The lowest BCUT2D eigenvalue weighted by molar-refractivity contribution is -0.139. The molecule has 0 bridgehead atoms. The molecular formula is C30H25BrN2O7S. The number of carbonyl (C=O) groups is 2. The van der Waals surface area contributed by atoms with E-state index in [-0.39, 0.29) is 17.7 Å². The summed E-state index contributed by atoms with van der Waals surface area (Å²) in [5.74, 6) is 0.312. The molecule has 9 nitrogen and oxygen atoms in total. The predicted molar refractivity (Wildman–Crippen MR) is 157 cm³/mol. The third-order valence-corrected chi connectivity index (χ3v) is 7.98. The van der Waals surface area contributed by atoms with Gasteiger partial charge in [-0.2, -0.15) is 0 Å². The Morgan fingerprint density at radius 1 is 1.12 bits per heavy atom. The van der Waals surface area contributed by atoms with Crippen molar-refractivity contribution in [2.45, 2.75) is 19.9 Å². The first-order chi connectivity index (χ1) is 19.8. The summed E-state index contributed by atoms with van der Waals surface area (Å²) in [4.78, 5) is 44.4. The standard InChI is InChI=1S/C30H25BrN2O7S/c1-5-39-29(36)25-16(2)32-30-33(26(25)21-14-17(31)10-12-22(21)37-3)27(34)24(41-30)15-18-11-13-23(40-18)19-8-6-7-9-20(19)28(35)38-4/h6-15,26H,5H2,1-4H3/b24-15-/t26-/m1/s1. The quantitative estimate of drug-likeness (QED) is 0.272. The highest BCUT2D eigenvalue weighted by molar-refractivity contribution is 9.10. The van der Waals surface area contributed by atoms with Gasteiger partial charge >= 0.3 is 11.9 Å². The Morgan fingerprint density at radius 3 is 2.63 bits per heavy atom. The molecule has 41 heavy (non-hydrogen) atoms. The van der Waals surface area contributed by atoms with Crippen molar-refractivity contribution in [3.05, 3.63) is 107 Å². The molecule has 0 fully saturated rings. The smallest absolute Gasteiger partial charge is 0.338 e. The highest BCUT2D eigenvalue weighted by atomic mass is 79.9. The second-order valence-electron chi connectivity index (χ2n) is 8.93. The van der Waals surface area contributed by atoms with E-state index >= 15 is 0 Å². The molecule has 0 aliphatic carbocycles. The van der Waals surface area contributed by atoms with E-state index in [1.54, 1.807) is 62.4 Å². The lowest BCUT2D eigenvalue weighted by atomic mass is 9.95. The Balaban J connectivity index is 1.67. The summed E-state index contributed by atoms with van der Waals surface area (Å²) in [6.45, 7) is 3.61. The second-order valence-corrected chi connectivity index (χ2v) is 10.9. The lowest BCUT2D eigenvalue weighted by Crippen LogP contribution is -2.40. The fourth-order valence-electron chi connectivity index (χ4n) is 4.69. The third kappa shape index (κ3) is 5.30. The van der Waals surface area contributed by atoms with Crippen LogP contribution in [0, 0.1) is 0 Å². The number of halogens is 1. The average molecular weight is 638 g/mol. The van der Waals surface area contributed by atoms with E-state index in [0.717, 1.165) is 4.47 Å². The summed E-state index contributed by atoms with van der Waals surface area (Å²) in [7, 11) is 2.85. The Morgan fingerprint density at radius 2 is 1.90 bits per heavy atom. The molecule has 4 aromatic rings. The highest BCUT2D eigenvalue weighted by Gasteiger charge is 2.35. The molecular weight excluding hydrogens is 612 g/mol. The minimum atomic E-state index is -0.834. The van der Waals surface area contributed by atoms with Crippen LogP contribution in [0.1, 0.15) is 41.6 Å². The van der Waals surface area contributed by atoms with Crippen molar-refractivity contribution in [3.63, 3.8) is 0 Å². The monoisotopic (exact) mass is 636 g/mol. The highest BCUT2D eigenvalue weighted by Crippen LogP contribution is 2.37. The number of rotatable bonds is 7. The van der Waals surface area contributed by atoms with Crippen LogP contribution in [0.4, 0.5) is 0 Å². The summed E-state index contributed by atoms with van der Waals surface area (Å²) >= 11 is 4.68. The number of ether oxygens (including phenoxy) is 3. The first-order valence-corrected chi connectivity index (χ1v) is 14.2. The van der Waals surface area contributed by atoms with Gasteiger partial charge in [-0.3, -0.25) is 9.36 Å². The van der Waals surface area contributed by atoms with E-state index < -0.39 is 18.0 Å². The number of hydrogen-bond acceptors (Lipinski definition) is 9. The molecule has 1 atom stereocenters. The van der Waals surface area contributed by atoms with E-state index in [9.17, 15) is 14.4 Å². The molecule has 3 heterocycles. The van der Waals surface area contributed by atoms with E-state index in [0.29, 0.717) is 49.0 Å². The molecule has 0 saturated carbocycles. The molecule has 0 unspecified atom stereocenters. The van der Waals surface area contributed by atoms with Gasteiger partial charge in [-0.1, -0.05) is 45.5 Å². The molecule has 0 amide bonds. The van der Waals surface area contributed by atoms with E-state index in [2.05, 4.69) is 20.9 Å². The molecule has 2 aromatic heterocycles. The number of carbonyl (C=O) groups excluding carboxylic acids is 2. The number of furan rings is 1. The van der Waals surface area contributed by atoms with Crippen molar-refractivity contribution >= 4 is 45.3 Å². The summed E-state index contributed by atoms with van der Waals surface area (Å²) < 4.78 is 24.5. The van der Waals surface area contributed by atoms with Gasteiger partial charge in [0.05, 0.1) is 42.2 Å². The largest absolute Gasteiger partial charge is 0.496 e. The van der Waals surface area contributed by atoms with Gasteiger partial charge in [0, 0.05) is 21.7 Å². The molecule has 0 radical (unpaired) electrons. The molecule has 210 valence electrons. The van der Waals surface area contributed by atoms with E-state index in [4.69, 9.17) is 18.6 Å². The lowest BCUT2D eigenvalue weighted by Gasteiger charge is -2.26. The Bertz CT molecular complexity index is 1880. The molecule has 0 saturated heterocycles. The van der Waals surface area contributed by atoms with Crippen molar-refractivity contribution in [3.8, 4) is 17.1 Å². The molecule has 1 aliphatic heterocycles. The van der Waals surface area contributed by atoms with Crippen LogP contribution < -0.4 is 19.6 Å². The van der Waals surface area contributed by atoms with Crippen LogP contribution in [0.15, 0.2) is 84.5 Å². The van der Waals surface area contributed by atoms with Gasteiger partial charge in [-0.25, -0.2) is 14.6 Å². The topological polar surface area (TPSA) is 109 Å². The van der Waals surface area contributed by atoms with E-state index in [1.807, 2.05) is 12.1 Å². The van der Waals surface area contributed by atoms with Crippen LogP contribution in [0.3, 0.4) is 0 Å². The van der Waals surface area contributed by atoms with Gasteiger partial charge in [0.15, 0.2) is 4.80 Å². The summed E-state index contributed by atoms with van der Waals surface area (Å²) in [5.41, 5.74) is 1.87. The van der Waals surface area contributed by atoms with Crippen molar-refractivity contribution in [2.24, 2.45) is 4.99 Å². The third-order valence-electron chi connectivity index (χ3n) is 6.50. The predicted octanol–water partition coefficient (Wildman–Crippen LogP) is 4.62. The number of esters is 2. The first-order valence-electron chi connectivity index (χ1n) is 12.6. The van der Waals surface area contributed by atoms with Crippen LogP contribution in [0.2, 0.25) is 0 Å². The Labute approximate surface area is 247 Å². The number of thiazole rings is 1. The van der Waals surface area contributed by atoms with Gasteiger partial charge < -0.3 is 18.6 Å². The fraction of sp³-hybridized carbons (Fsp3) is 0.200. The van der Waals surface area contributed by atoms with E-state index in [1.165, 1.54) is 30.1 Å². The Hall–Kier alpha value is -4.22. The summed E-state index contributed by atoms with van der Waals surface area (Å²) in [5, 5.41) is 0. The van der Waals surface area contributed by atoms with Gasteiger partial charge in [-0.15, -0.1) is 0 Å². The molecule has 5 rings (SSSR count). The van der Waals surface area contributed by atoms with Gasteiger partial charge in [-0.05, 0) is 50.2 Å². The van der Waals surface area contributed by atoms with Crippen LogP contribution in [-0.2, 0) is 14.3 Å². The maximum Gasteiger partial charge on any atom is 0.338 e. The number of fused-ring (bicyclic) bond motifs is 1. The second kappa shape index (κ2) is 11.7. The van der Waals surface area contributed by atoms with Crippen molar-refractivity contribution < 1.29 is 28.2 Å². The molecule has 0 N–H and O–H groups in total. The zero-order valence-electron chi connectivity index (χ0n) is 22.6. The summed E-state index contributed by atoms with van der Waals surface area (Å²) in [6, 6.07) is 15.0. The van der Waals surface area contributed by atoms with Crippen molar-refractivity contribution in [1.82, 2.24) is 4.57 Å². The van der Waals surface area contributed by atoms with Gasteiger partial charge in [0.2, 0.25) is 0 Å². The number of benzene rings is 2. The van der Waals surface area contributed by atoms with Crippen LogP contribution in [0.25, 0.3) is 17.4 Å². The number of aromatic nitrogens is 1. The maximum atomic E-state index is 13.9. The zero-order valence-corrected chi connectivity index (χ0v) is 25.0. The normalized spacial score (nSPS) is 14.9. The maximum absolute atomic E-state index is 13.9. The SMILES string of the molecule is CCOC(=O)C1=C(C)N=c2s/c(=C\c3ccc(-c4ccccc4C(=O)OC)o3)c(=O)n2[C@@H]1c1cc(Br)ccc1OC. The van der Waals surface area contributed by atoms with Crippen molar-refractivity contribution in [1.29, 1.82) is 0 Å². The minimum Gasteiger partial charge on any atom is -0.496 e. The van der Waals surface area contributed by atoms with Crippen LogP contribution >= 0.6 is 27.3 Å². The molecule has 1 aliphatic rings. The molecule has 0 spiro atoms. The van der Waals surface area contributed by atoms with Crippen LogP contribution in [-0.4, -0.2) is 37.3 Å². The Kier molecular flexibility index (Phi) is 8.09. The number of methoxy groups -OCH3 is 2. The average Bonchev–Trinajstić information content (AvgIpc) is 3.56. The van der Waals surface area contributed by atoms with Gasteiger partial charge in [0.1, 0.15) is 23.3 Å². The number of nitrogens with zero attached hydrogens (tertiary/aromatic N) is 2. The van der Waals surface area contributed by atoms with Crippen LogP contribution in [0.5, 0.6) is 5.75 Å². The summed E-state index contributed by atoms with van der Waals surface area (Å²) in [6.07, 6.45) is 1.62. The fourth-order valence-corrected chi connectivity index (χ4v) is 6.10. The first kappa shape index (κ1) is 28.3. The number of allylic oxidation sites excluding steroid dienone is 1. The van der Waals surface area contributed by atoms with Gasteiger partial charge in [0.25, 0.3) is 5.56 Å². The molecule has 2 aromatic carbocycles. The molecule has 11 heteroatoms. The number of hydrogen-bond donors (Lipinski definition) is 0. The zero-order chi connectivity index (χ0) is 29.3.